The minimum atomic E-state index is 0.0660. The van der Waals surface area contributed by atoms with Crippen molar-refractivity contribution in [1.29, 1.82) is 0 Å². The number of hydrogen-bond acceptors (Lipinski definition) is 4. The van der Waals surface area contributed by atoms with E-state index in [1.807, 2.05) is 13.1 Å². The molecule has 110 valence electrons. The van der Waals surface area contributed by atoms with Gasteiger partial charge in [-0.2, -0.15) is 0 Å². The SMILES string of the molecule is C[C@H](N)c1ccc(N2CCC(N3CCCCC3)C2)nc1. The Morgan fingerprint density at radius 1 is 1.20 bits per heavy atom. The first-order valence-corrected chi connectivity index (χ1v) is 7.94. The van der Waals surface area contributed by atoms with E-state index < -0.39 is 0 Å². The Bertz CT molecular complexity index is 423. The first-order chi connectivity index (χ1) is 9.74. The van der Waals surface area contributed by atoms with Crippen LogP contribution < -0.4 is 10.6 Å². The highest BCUT2D eigenvalue weighted by Gasteiger charge is 2.28. The molecule has 3 heterocycles. The average molecular weight is 274 g/mol. The largest absolute Gasteiger partial charge is 0.355 e. The minimum Gasteiger partial charge on any atom is -0.355 e. The van der Waals surface area contributed by atoms with Crippen molar-refractivity contribution in [2.24, 2.45) is 5.73 Å². The van der Waals surface area contributed by atoms with Crippen LogP contribution >= 0.6 is 0 Å². The van der Waals surface area contributed by atoms with Crippen molar-refractivity contribution in [2.75, 3.05) is 31.1 Å². The van der Waals surface area contributed by atoms with Crippen molar-refractivity contribution in [1.82, 2.24) is 9.88 Å². The Balaban J connectivity index is 1.61. The third-order valence-electron chi connectivity index (χ3n) is 4.69. The molecule has 2 aliphatic heterocycles. The normalized spacial score (nSPS) is 25.9. The van der Waals surface area contributed by atoms with Crippen LogP contribution in [0.1, 0.15) is 44.2 Å². The predicted molar refractivity (Wildman–Crippen MR) is 82.9 cm³/mol. The molecule has 0 aliphatic carbocycles. The molecular weight excluding hydrogens is 248 g/mol. The number of nitrogens with zero attached hydrogens (tertiary/aromatic N) is 3. The van der Waals surface area contributed by atoms with Crippen LogP contribution in [-0.2, 0) is 0 Å². The third-order valence-corrected chi connectivity index (χ3v) is 4.69. The standard InChI is InChI=1S/C16H26N4/c1-13(17)14-5-6-16(18-11-14)20-10-7-15(12-20)19-8-3-2-4-9-19/h5-6,11,13,15H,2-4,7-10,12,17H2,1H3/t13-,15?/m0/s1. The number of rotatable bonds is 3. The van der Waals surface area contributed by atoms with Gasteiger partial charge in [-0.3, -0.25) is 4.90 Å². The van der Waals surface area contributed by atoms with Crippen molar-refractivity contribution >= 4 is 5.82 Å². The summed E-state index contributed by atoms with van der Waals surface area (Å²) in [5.41, 5.74) is 6.99. The summed E-state index contributed by atoms with van der Waals surface area (Å²) in [7, 11) is 0. The second-order valence-electron chi connectivity index (χ2n) is 6.22. The second-order valence-corrected chi connectivity index (χ2v) is 6.22. The molecule has 20 heavy (non-hydrogen) atoms. The van der Waals surface area contributed by atoms with E-state index in [2.05, 4.69) is 26.9 Å². The molecule has 3 rings (SSSR count). The predicted octanol–water partition coefficient (Wildman–Crippen LogP) is 2.17. The minimum absolute atomic E-state index is 0.0660. The fourth-order valence-corrected chi connectivity index (χ4v) is 3.39. The molecule has 2 aliphatic rings. The van der Waals surface area contributed by atoms with Gasteiger partial charge in [0.25, 0.3) is 0 Å². The maximum atomic E-state index is 5.88. The van der Waals surface area contributed by atoms with Crippen LogP contribution in [0.4, 0.5) is 5.82 Å². The molecule has 0 spiro atoms. The molecule has 2 saturated heterocycles. The Hall–Kier alpha value is -1.13. The van der Waals surface area contributed by atoms with Gasteiger partial charge in [0.2, 0.25) is 0 Å². The Labute approximate surface area is 122 Å². The number of aromatic nitrogens is 1. The maximum Gasteiger partial charge on any atom is 0.128 e. The van der Waals surface area contributed by atoms with Gasteiger partial charge in [0.05, 0.1) is 0 Å². The van der Waals surface area contributed by atoms with E-state index >= 15 is 0 Å². The van der Waals surface area contributed by atoms with Crippen molar-refractivity contribution in [3.8, 4) is 0 Å². The average Bonchev–Trinajstić information content (AvgIpc) is 2.98. The lowest BCUT2D eigenvalue weighted by atomic mass is 10.1. The van der Waals surface area contributed by atoms with E-state index in [-0.39, 0.29) is 6.04 Å². The number of hydrogen-bond donors (Lipinski definition) is 1. The zero-order valence-electron chi connectivity index (χ0n) is 12.5. The van der Waals surface area contributed by atoms with Gasteiger partial charge in [-0.1, -0.05) is 12.5 Å². The number of pyridine rings is 1. The van der Waals surface area contributed by atoms with Crippen LogP contribution in [0.15, 0.2) is 18.3 Å². The molecule has 1 aromatic heterocycles. The zero-order valence-corrected chi connectivity index (χ0v) is 12.5. The summed E-state index contributed by atoms with van der Waals surface area (Å²) < 4.78 is 0. The summed E-state index contributed by atoms with van der Waals surface area (Å²) >= 11 is 0. The summed E-state index contributed by atoms with van der Waals surface area (Å²) in [6.07, 6.45) is 7.36. The summed E-state index contributed by atoms with van der Waals surface area (Å²) in [4.78, 5) is 9.69. The van der Waals surface area contributed by atoms with Gasteiger partial charge in [-0.15, -0.1) is 0 Å². The van der Waals surface area contributed by atoms with E-state index in [0.717, 1.165) is 30.5 Å². The van der Waals surface area contributed by atoms with Crippen molar-refractivity contribution < 1.29 is 0 Å². The van der Waals surface area contributed by atoms with E-state index in [1.54, 1.807) is 0 Å². The molecule has 0 aromatic carbocycles. The first kappa shape index (κ1) is 13.8. The topological polar surface area (TPSA) is 45.4 Å². The lowest BCUT2D eigenvalue weighted by Gasteiger charge is -2.32. The third kappa shape index (κ3) is 2.96. The molecule has 0 saturated carbocycles. The first-order valence-electron chi connectivity index (χ1n) is 7.94. The van der Waals surface area contributed by atoms with Gasteiger partial charge in [0, 0.05) is 31.4 Å². The molecule has 2 atom stereocenters. The van der Waals surface area contributed by atoms with E-state index in [4.69, 9.17) is 5.73 Å². The second kappa shape index (κ2) is 6.10. The van der Waals surface area contributed by atoms with Crippen LogP contribution in [0, 0.1) is 0 Å². The molecule has 0 amide bonds. The summed E-state index contributed by atoms with van der Waals surface area (Å²) in [6.45, 7) is 6.83. The maximum absolute atomic E-state index is 5.88. The number of nitrogens with two attached hydrogens (primary N) is 1. The number of piperidine rings is 1. The van der Waals surface area contributed by atoms with Gasteiger partial charge < -0.3 is 10.6 Å². The Morgan fingerprint density at radius 3 is 2.65 bits per heavy atom. The molecule has 0 radical (unpaired) electrons. The molecule has 2 fully saturated rings. The fourth-order valence-electron chi connectivity index (χ4n) is 3.39. The Kier molecular flexibility index (Phi) is 4.22. The molecule has 4 heteroatoms. The molecular formula is C16H26N4. The highest BCUT2D eigenvalue weighted by molar-refractivity contribution is 5.41. The van der Waals surface area contributed by atoms with Gasteiger partial charge in [0.1, 0.15) is 5.82 Å². The molecule has 1 aromatic rings. The van der Waals surface area contributed by atoms with Crippen molar-refractivity contribution in [3.05, 3.63) is 23.9 Å². The van der Waals surface area contributed by atoms with Crippen LogP contribution in [0.5, 0.6) is 0 Å². The lowest BCUT2D eigenvalue weighted by molar-refractivity contribution is 0.175. The molecule has 0 bridgehead atoms. The van der Waals surface area contributed by atoms with E-state index in [9.17, 15) is 0 Å². The Morgan fingerprint density at radius 2 is 2.00 bits per heavy atom. The smallest absolute Gasteiger partial charge is 0.128 e. The lowest BCUT2D eigenvalue weighted by Crippen LogP contribution is -2.40. The van der Waals surface area contributed by atoms with Gasteiger partial charge in [0.15, 0.2) is 0 Å². The number of likely N-dealkylation sites (tertiary alicyclic amines) is 1. The van der Waals surface area contributed by atoms with Gasteiger partial charge in [-0.05, 0) is 50.9 Å². The summed E-state index contributed by atoms with van der Waals surface area (Å²) in [5, 5.41) is 0. The van der Waals surface area contributed by atoms with Crippen molar-refractivity contribution in [3.63, 3.8) is 0 Å². The molecule has 1 unspecified atom stereocenters. The number of anilines is 1. The molecule has 4 nitrogen and oxygen atoms in total. The quantitative estimate of drug-likeness (QED) is 0.917. The van der Waals surface area contributed by atoms with Crippen molar-refractivity contribution in [2.45, 2.75) is 44.7 Å². The van der Waals surface area contributed by atoms with Crippen LogP contribution in [-0.4, -0.2) is 42.1 Å². The van der Waals surface area contributed by atoms with Crippen LogP contribution in [0.3, 0.4) is 0 Å². The monoisotopic (exact) mass is 274 g/mol. The van der Waals surface area contributed by atoms with Gasteiger partial charge >= 0.3 is 0 Å². The molecule has 2 N–H and O–H groups in total. The highest BCUT2D eigenvalue weighted by atomic mass is 15.3. The zero-order chi connectivity index (χ0) is 13.9. The summed E-state index contributed by atoms with van der Waals surface area (Å²) in [5.74, 6) is 1.11. The van der Waals surface area contributed by atoms with Crippen LogP contribution in [0.2, 0.25) is 0 Å². The van der Waals surface area contributed by atoms with E-state index in [1.165, 1.54) is 38.8 Å². The van der Waals surface area contributed by atoms with Gasteiger partial charge in [-0.25, -0.2) is 4.98 Å². The highest BCUT2D eigenvalue weighted by Crippen LogP contribution is 2.24. The fraction of sp³-hybridized carbons (Fsp3) is 0.688. The van der Waals surface area contributed by atoms with Crippen LogP contribution in [0.25, 0.3) is 0 Å². The van der Waals surface area contributed by atoms with E-state index in [0.29, 0.717) is 0 Å². The summed E-state index contributed by atoms with van der Waals surface area (Å²) in [6, 6.07) is 5.03.